The maximum Gasteiger partial charge on any atom is 0.225 e. The van der Waals surface area contributed by atoms with Crippen LogP contribution in [0.15, 0.2) is 0 Å². The third kappa shape index (κ3) is 3.25. The van der Waals surface area contributed by atoms with Gasteiger partial charge < -0.3 is 11.1 Å². The summed E-state index contributed by atoms with van der Waals surface area (Å²) in [4.78, 5) is 12.4. The van der Waals surface area contributed by atoms with Crippen LogP contribution in [0.25, 0.3) is 0 Å². The summed E-state index contributed by atoms with van der Waals surface area (Å²) >= 11 is 0. The summed E-state index contributed by atoms with van der Waals surface area (Å²) in [6, 6.07) is 0.395. The third-order valence-electron chi connectivity index (χ3n) is 4.93. The molecule has 1 amide bonds. The molecule has 2 saturated carbocycles. The van der Waals surface area contributed by atoms with Crippen molar-refractivity contribution in [3.63, 3.8) is 0 Å². The van der Waals surface area contributed by atoms with Crippen LogP contribution in [0.3, 0.4) is 0 Å². The molecule has 0 aromatic carbocycles. The van der Waals surface area contributed by atoms with Crippen molar-refractivity contribution in [3.8, 4) is 0 Å². The van der Waals surface area contributed by atoms with Crippen molar-refractivity contribution < 1.29 is 4.79 Å². The standard InChI is InChI=1S/C15H28N2O/c1-11-6-8-12(9-7-11)17-14(18)13-5-3-4-10-15(13,2)16/h11-13H,3-10,16H2,1-2H3,(H,17,18). The molecule has 3 N–H and O–H groups in total. The monoisotopic (exact) mass is 252 g/mol. The Morgan fingerprint density at radius 3 is 2.44 bits per heavy atom. The van der Waals surface area contributed by atoms with Crippen LogP contribution in [0.4, 0.5) is 0 Å². The van der Waals surface area contributed by atoms with E-state index >= 15 is 0 Å². The molecule has 2 atom stereocenters. The van der Waals surface area contributed by atoms with Crippen LogP contribution in [0, 0.1) is 11.8 Å². The summed E-state index contributed by atoms with van der Waals surface area (Å²) in [5.41, 5.74) is 5.99. The highest BCUT2D eigenvalue weighted by molar-refractivity contribution is 5.80. The molecule has 2 aliphatic rings. The highest BCUT2D eigenvalue weighted by Crippen LogP contribution is 2.32. The van der Waals surface area contributed by atoms with Crippen molar-refractivity contribution >= 4 is 5.91 Å². The van der Waals surface area contributed by atoms with Gasteiger partial charge in [0.1, 0.15) is 0 Å². The number of carbonyl (C=O) groups excluding carboxylic acids is 1. The first-order chi connectivity index (χ1) is 8.49. The zero-order valence-electron chi connectivity index (χ0n) is 11.9. The Balaban J connectivity index is 1.87. The van der Waals surface area contributed by atoms with E-state index < -0.39 is 0 Å². The van der Waals surface area contributed by atoms with Crippen molar-refractivity contribution in [2.24, 2.45) is 17.6 Å². The van der Waals surface area contributed by atoms with Gasteiger partial charge in [0.05, 0.1) is 5.92 Å². The summed E-state index contributed by atoms with van der Waals surface area (Å²) in [5, 5.41) is 3.25. The van der Waals surface area contributed by atoms with Crippen molar-refractivity contribution in [2.75, 3.05) is 0 Å². The molecule has 0 aliphatic heterocycles. The van der Waals surface area contributed by atoms with Crippen LogP contribution in [-0.4, -0.2) is 17.5 Å². The van der Waals surface area contributed by atoms with E-state index in [-0.39, 0.29) is 17.4 Å². The fourth-order valence-corrected chi connectivity index (χ4v) is 3.50. The lowest BCUT2D eigenvalue weighted by molar-refractivity contribution is -0.129. The summed E-state index contributed by atoms with van der Waals surface area (Å²) in [6.07, 6.45) is 9.02. The molecule has 2 aliphatic carbocycles. The first-order valence-electron chi connectivity index (χ1n) is 7.58. The molecule has 104 valence electrons. The number of rotatable bonds is 2. The van der Waals surface area contributed by atoms with Gasteiger partial charge in [-0.2, -0.15) is 0 Å². The van der Waals surface area contributed by atoms with Gasteiger partial charge in [-0.1, -0.05) is 19.8 Å². The lowest BCUT2D eigenvalue weighted by atomic mass is 9.74. The first-order valence-corrected chi connectivity index (χ1v) is 7.58. The summed E-state index contributed by atoms with van der Waals surface area (Å²) in [7, 11) is 0. The first kappa shape index (κ1) is 13.9. The van der Waals surface area contributed by atoms with E-state index in [1.54, 1.807) is 0 Å². The van der Waals surface area contributed by atoms with Gasteiger partial charge in [0.25, 0.3) is 0 Å². The van der Waals surface area contributed by atoms with E-state index in [9.17, 15) is 4.79 Å². The Kier molecular flexibility index (Phi) is 4.31. The predicted octanol–water partition coefficient (Wildman–Crippen LogP) is 2.59. The zero-order valence-corrected chi connectivity index (χ0v) is 11.9. The number of hydrogen-bond acceptors (Lipinski definition) is 2. The predicted molar refractivity (Wildman–Crippen MR) is 74.1 cm³/mol. The molecule has 2 fully saturated rings. The van der Waals surface area contributed by atoms with Crippen molar-refractivity contribution in [1.29, 1.82) is 0 Å². The van der Waals surface area contributed by atoms with Gasteiger partial charge >= 0.3 is 0 Å². The molecule has 3 nitrogen and oxygen atoms in total. The van der Waals surface area contributed by atoms with Crippen LogP contribution in [0.5, 0.6) is 0 Å². The highest BCUT2D eigenvalue weighted by Gasteiger charge is 2.38. The number of carbonyl (C=O) groups is 1. The number of nitrogens with two attached hydrogens (primary N) is 1. The van der Waals surface area contributed by atoms with Crippen LogP contribution < -0.4 is 11.1 Å². The van der Waals surface area contributed by atoms with E-state index in [1.165, 1.54) is 12.8 Å². The Morgan fingerprint density at radius 2 is 1.83 bits per heavy atom. The second-order valence-electron chi connectivity index (χ2n) is 6.77. The third-order valence-corrected chi connectivity index (χ3v) is 4.93. The minimum absolute atomic E-state index is 0.0191. The van der Waals surface area contributed by atoms with Crippen LogP contribution in [0.2, 0.25) is 0 Å². The zero-order chi connectivity index (χ0) is 13.2. The Morgan fingerprint density at radius 1 is 1.17 bits per heavy atom. The Labute approximate surface area is 111 Å². The molecule has 0 heterocycles. The van der Waals surface area contributed by atoms with Gasteiger partial charge in [-0.05, 0) is 51.4 Å². The molecule has 0 saturated heterocycles. The second-order valence-corrected chi connectivity index (χ2v) is 6.77. The van der Waals surface area contributed by atoms with Gasteiger partial charge in [-0.15, -0.1) is 0 Å². The molecule has 2 unspecified atom stereocenters. The van der Waals surface area contributed by atoms with E-state index in [0.29, 0.717) is 6.04 Å². The van der Waals surface area contributed by atoms with Gasteiger partial charge in [0, 0.05) is 11.6 Å². The van der Waals surface area contributed by atoms with Crippen LogP contribution in [-0.2, 0) is 4.79 Å². The maximum atomic E-state index is 12.4. The fourth-order valence-electron chi connectivity index (χ4n) is 3.50. The number of hydrogen-bond donors (Lipinski definition) is 2. The minimum atomic E-state index is -0.301. The van der Waals surface area contributed by atoms with Gasteiger partial charge in [-0.3, -0.25) is 4.79 Å². The molecule has 0 spiro atoms. The highest BCUT2D eigenvalue weighted by atomic mass is 16.2. The van der Waals surface area contributed by atoms with Gasteiger partial charge in [0.2, 0.25) is 5.91 Å². The molecule has 0 aromatic heterocycles. The lowest BCUT2D eigenvalue weighted by Gasteiger charge is -2.38. The minimum Gasteiger partial charge on any atom is -0.353 e. The molecule has 2 rings (SSSR count). The van der Waals surface area contributed by atoms with Crippen molar-refractivity contribution in [1.82, 2.24) is 5.32 Å². The normalized spacial score (nSPS) is 41.4. The van der Waals surface area contributed by atoms with E-state index in [2.05, 4.69) is 12.2 Å². The second kappa shape index (κ2) is 5.60. The maximum absolute atomic E-state index is 12.4. The smallest absolute Gasteiger partial charge is 0.225 e. The van der Waals surface area contributed by atoms with Crippen molar-refractivity contribution in [3.05, 3.63) is 0 Å². The van der Waals surface area contributed by atoms with E-state index in [4.69, 9.17) is 5.73 Å². The molecular weight excluding hydrogens is 224 g/mol. The number of nitrogens with one attached hydrogen (secondary N) is 1. The summed E-state index contributed by atoms with van der Waals surface area (Å²) < 4.78 is 0. The molecular formula is C15H28N2O. The average molecular weight is 252 g/mol. The topological polar surface area (TPSA) is 55.1 Å². The Hall–Kier alpha value is -0.570. The molecule has 0 aromatic rings. The van der Waals surface area contributed by atoms with Crippen LogP contribution in [0.1, 0.15) is 65.2 Å². The Bertz CT molecular complexity index is 293. The van der Waals surface area contributed by atoms with E-state index in [1.807, 2.05) is 6.92 Å². The van der Waals surface area contributed by atoms with E-state index in [0.717, 1.165) is 44.4 Å². The quantitative estimate of drug-likeness (QED) is 0.793. The van der Waals surface area contributed by atoms with Gasteiger partial charge in [-0.25, -0.2) is 0 Å². The molecule has 18 heavy (non-hydrogen) atoms. The molecule has 0 radical (unpaired) electrons. The van der Waals surface area contributed by atoms with Crippen molar-refractivity contribution in [2.45, 2.75) is 76.8 Å². The molecule has 3 heteroatoms. The molecule has 0 bridgehead atoms. The fraction of sp³-hybridized carbons (Fsp3) is 0.933. The van der Waals surface area contributed by atoms with Crippen LogP contribution >= 0.6 is 0 Å². The summed E-state index contributed by atoms with van der Waals surface area (Å²) in [5.74, 6) is 1.05. The average Bonchev–Trinajstić information content (AvgIpc) is 2.31. The summed E-state index contributed by atoms with van der Waals surface area (Å²) in [6.45, 7) is 4.34. The SMILES string of the molecule is CC1CCC(NC(=O)C2CCCCC2(C)N)CC1. The largest absolute Gasteiger partial charge is 0.353 e. The van der Waals surface area contributed by atoms with Gasteiger partial charge in [0.15, 0.2) is 0 Å². The number of amides is 1. The lowest BCUT2D eigenvalue weighted by Crippen LogP contribution is -2.54.